The van der Waals surface area contributed by atoms with E-state index >= 15 is 0 Å². The van der Waals surface area contributed by atoms with Crippen LogP contribution in [0.5, 0.6) is 0 Å². The van der Waals surface area contributed by atoms with E-state index in [9.17, 15) is 0 Å². The molecule has 1 aliphatic rings. The molecule has 0 amide bonds. The number of nitrogens with zero attached hydrogens (tertiary/aromatic N) is 1. The number of hydrogen-bond acceptors (Lipinski definition) is 1. The molecule has 2 atom stereocenters. The Kier molecular flexibility index (Phi) is 4.50. The van der Waals surface area contributed by atoms with E-state index in [0.29, 0.717) is 0 Å². The minimum Gasteiger partial charge on any atom is -0.352 e. The van der Waals surface area contributed by atoms with Crippen molar-refractivity contribution in [3.8, 4) is 0 Å². The van der Waals surface area contributed by atoms with E-state index in [1.54, 1.807) is 0 Å². The zero-order valence-corrected chi connectivity index (χ0v) is 12.4. The summed E-state index contributed by atoms with van der Waals surface area (Å²) in [5.41, 5.74) is 4.23. The van der Waals surface area contributed by atoms with Gasteiger partial charge in [0.05, 0.1) is 0 Å². The van der Waals surface area contributed by atoms with Crippen molar-refractivity contribution in [1.82, 2.24) is 9.88 Å². The molecule has 0 aliphatic heterocycles. The van der Waals surface area contributed by atoms with E-state index in [1.165, 1.54) is 49.1 Å². The first kappa shape index (κ1) is 13.7. The summed E-state index contributed by atoms with van der Waals surface area (Å²) in [6.45, 7) is 7.84. The Morgan fingerprint density at radius 2 is 2.00 bits per heavy atom. The van der Waals surface area contributed by atoms with Gasteiger partial charge in [-0.25, -0.2) is 0 Å². The standard InChI is InChI=1S/C16H28N2/c1-12-6-5-7-16(9-8-12)17-11-15-10-13(2)18(4)14(15)3/h10,12,16-17H,5-9,11H2,1-4H3. The Morgan fingerprint density at radius 3 is 2.67 bits per heavy atom. The lowest BCUT2D eigenvalue weighted by Gasteiger charge is -2.16. The Hall–Kier alpha value is -0.760. The van der Waals surface area contributed by atoms with Crippen molar-refractivity contribution in [3.05, 3.63) is 23.0 Å². The Balaban J connectivity index is 1.89. The zero-order chi connectivity index (χ0) is 13.1. The van der Waals surface area contributed by atoms with E-state index < -0.39 is 0 Å². The van der Waals surface area contributed by atoms with Gasteiger partial charge in [0.25, 0.3) is 0 Å². The number of hydrogen-bond donors (Lipinski definition) is 1. The van der Waals surface area contributed by atoms with E-state index in [2.05, 4.69) is 43.8 Å². The largest absolute Gasteiger partial charge is 0.352 e. The van der Waals surface area contributed by atoms with Gasteiger partial charge in [0.2, 0.25) is 0 Å². The number of rotatable bonds is 3. The highest BCUT2D eigenvalue weighted by Crippen LogP contribution is 2.23. The summed E-state index contributed by atoms with van der Waals surface area (Å²) in [6, 6.07) is 3.05. The molecule has 0 saturated heterocycles. The van der Waals surface area contributed by atoms with Crippen LogP contribution in [-0.2, 0) is 13.6 Å². The second-order valence-corrected chi connectivity index (χ2v) is 6.15. The molecule has 2 unspecified atom stereocenters. The quantitative estimate of drug-likeness (QED) is 0.807. The van der Waals surface area contributed by atoms with Crippen LogP contribution >= 0.6 is 0 Å². The Morgan fingerprint density at radius 1 is 1.22 bits per heavy atom. The van der Waals surface area contributed by atoms with E-state index in [1.807, 2.05) is 0 Å². The molecule has 1 aliphatic carbocycles. The van der Waals surface area contributed by atoms with Gasteiger partial charge < -0.3 is 9.88 Å². The summed E-state index contributed by atoms with van der Waals surface area (Å²) in [5.74, 6) is 0.928. The smallest absolute Gasteiger partial charge is 0.0225 e. The molecule has 1 fully saturated rings. The molecule has 0 aromatic carbocycles. The van der Waals surface area contributed by atoms with Crippen LogP contribution in [0.25, 0.3) is 0 Å². The number of aromatic nitrogens is 1. The van der Waals surface area contributed by atoms with Crippen molar-refractivity contribution >= 4 is 0 Å². The maximum Gasteiger partial charge on any atom is 0.0225 e. The molecule has 2 rings (SSSR count). The van der Waals surface area contributed by atoms with Crippen LogP contribution in [0.2, 0.25) is 0 Å². The average molecular weight is 248 g/mol. The fourth-order valence-electron chi connectivity index (χ4n) is 3.06. The molecule has 0 radical (unpaired) electrons. The lowest BCUT2D eigenvalue weighted by molar-refractivity contribution is 0.447. The molecule has 0 spiro atoms. The first-order valence-corrected chi connectivity index (χ1v) is 7.43. The Labute approximate surface area is 112 Å². The average Bonchev–Trinajstić information content (AvgIpc) is 2.54. The van der Waals surface area contributed by atoms with E-state index in [4.69, 9.17) is 0 Å². The molecular weight excluding hydrogens is 220 g/mol. The monoisotopic (exact) mass is 248 g/mol. The van der Waals surface area contributed by atoms with Crippen molar-refractivity contribution in [2.45, 2.75) is 65.5 Å². The summed E-state index contributed by atoms with van der Waals surface area (Å²) >= 11 is 0. The van der Waals surface area contributed by atoms with Gasteiger partial charge in [-0.3, -0.25) is 0 Å². The molecule has 1 aromatic heterocycles. The van der Waals surface area contributed by atoms with Gasteiger partial charge in [-0.05, 0) is 50.7 Å². The third-order valence-corrected chi connectivity index (χ3v) is 4.72. The lowest BCUT2D eigenvalue weighted by Crippen LogP contribution is -2.28. The first-order chi connectivity index (χ1) is 8.58. The second kappa shape index (κ2) is 5.92. The topological polar surface area (TPSA) is 17.0 Å². The van der Waals surface area contributed by atoms with E-state index in [0.717, 1.165) is 18.5 Å². The number of aryl methyl sites for hydroxylation is 1. The summed E-state index contributed by atoms with van der Waals surface area (Å²) in [4.78, 5) is 0. The van der Waals surface area contributed by atoms with Gasteiger partial charge in [0.15, 0.2) is 0 Å². The predicted molar refractivity (Wildman–Crippen MR) is 77.8 cm³/mol. The van der Waals surface area contributed by atoms with Gasteiger partial charge in [-0.15, -0.1) is 0 Å². The second-order valence-electron chi connectivity index (χ2n) is 6.15. The molecule has 0 bridgehead atoms. The molecular formula is C16H28N2. The van der Waals surface area contributed by atoms with Crippen molar-refractivity contribution in [1.29, 1.82) is 0 Å². The van der Waals surface area contributed by atoms with Crippen molar-refractivity contribution < 1.29 is 0 Å². The SMILES string of the molecule is Cc1cc(CNC2CCCC(C)CC2)c(C)n1C. The van der Waals surface area contributed by atoms with Gasteiger partial charge in [-0.2, -0.15) is 0 Å². The first-order valence-electron chi connectivity index (χ1n) is 7.43. The normalized spacial score (nSPS) is 25.1. The van der Waals surface area contributed by atoms with Crippen LogP contribution in [0.1, 0.15) is 56.0 Å². The summed E-state index contributed by atoms with van der Waals surface area (Å²) in [6.07, 6.45) is 6.92. The molecule has 1 aromatic rings. The van der Waals surface area contributed by atoms with E-state index in [-0.39, 0.29) is 0 Å². The number of nitrogens with one attached hydrogen (secondary N) is 1. The van der Waals surface area contributed by atoms with Crippen LogP contribution < -0.4 is 5.32 Å². The summed E-state index contributed by atoms with van der Waals surface area (Å²) in [5, 5.41) is 3.77. The van der Waals surface area contributed by atoms with Gasteiger partial charge >= 0.3 is 0 Å². The maximum absolute atomic E-state index is 3.77. The fourth-order valence-corrected chi connectivity index (χ4v) is 3.06. The maximum atomic E-state index is 3.77. The van der Waals surface area contributed by atoms with Gasteiger partial charge in [-0.1, -0.05) is 19.8 Å². The zero-order valence-electron chi connectivity index (χ0n) is 12.4. The highest BCUT2D eigenvalue weighted by Gasteiger charge is 2.16. The highest BCUT2D eigenvalue weighted by molar-refractivity contribution is 5.26. The minimum absolute atomic E-state index is 0.731. The van der Waals surface area contributed by atoms with Crippen molar-refractivity contribution in [2.24, 2.45) is 13.0 Å². The van der Waals surface area contributed by atoms with Gasteiger partial charge in [0.1, 0.15) is 0 Å². The fraction of sp³-hybridized carbons (Fsp3) is 0.750. The molecule has 18 heavy (non-hydrogen) atoms. The van der Waals surface area contributed by atoms with Crippen LogP contribution in [0.4, 0.5) is 0 Å². The minimum atomic E-state index is 0.731. The van der Waals surface area contributed by atoms with Crippen LogP contribution in [-0.4, -0.2) is 10.6 Å². The van der Waals surface area contributed by atoms with Crippen LogP contribution in [0.3, 0.4) is 0 Å². The predicted octanol–water partition coefficient (Wildman–Crippen LogP) is 3.70. The molecule has 1 saturated carbocycles. The molecule has 1 N–H and O–H groups in total. The highest BCUT2D eigenvalue weighted by atomic mass is 15.0. The summed E-state index contributed by atoms with van der Waals surface area (Å²) in [7, 11) is 2.15. The lowest BCUT2D eigenvalue weighted by atomic mass is 10.0. The third-order valence-electron chi connectivity index (χ3n) is 4.72. The molecule has 102 valence electrons. The molecule has 1 heterocycles. The van der Waals surface area contributed by atoms with Crippen LogP contribution in [0, 0.1) is 19.8 Å². The van der Waals surface area contributed by atoms with Gasteiger partial charge in [0, 0.05) is 31.0 Å². The van der Waals surface area contributed by atoms with Crippen molar-refractivity contribution in [3.63, 3.8) is 0 Å². The van der Waals surface area contributed by atoms with Crippen LogP contribution in [0.15, 0.2) is 6.07 Å². The third kappa shape index (κ3) is 3.17. The molecule has 2 nitrogen and oxygen atoms in total. The summed E-state index contributed by atoms with van der Waals surface area (Å²) < 4.78 is 2.28. The Bertz CT molecular complexity index is 392. The van der Waals surface area contributed by atoms with Crippen molar-refractivity contribution in [2.75, 3.05) is 0 Å². The molecule has 2 heteroatoms.